The van der Waals surface area contributed by atoms with Crippen molar-refractivity contribution in [1.29, 1.82) is 0 Å². The van der Waals surface area contributed by atoms with Gasteiger partial charge < -0.3 is 19.4 Å². The first kappa shape index (κ1) is 17.0. The van der Waals surface area contributed by atoms with Crippen molar-refractivity contribution in [3.05, 3.63) is 24.3 Å². The van der Waals surface area contributed by atoms with Gasteiger partial charge in [-0.05, 0) is 18.6 Å². The van der Waals surface area contributed by atoms with Crippen LogP contribution in [0.15, 0.2) is 24.3 Å². The van der Waals surface area contributed by atoms with Gasteiger partial charge in [-0.25, -0.2) is 9.97 Å². The predicted octanol–water partition coefficient (Wildman–Crippen LogP) is 1.52. The van der Waals surface area contributed by atoms with Crippen LogP contribution < -0.4 is 9.80 Å². The van der Waals surface area contributed by atoms with Crippen LogP contribution >= 0.6 is 0 Å². The van der Waals surface area contributed by atoms with E-state index in [9.17, 15) is 4.79 Å². The number of anilines is 2. The van der Waals surface area contributed by atoms with E-state index in [0.29, 0.717) is 19.6 Å². The monoisotopic (exact) mass is 355 g/mol. The second-order valence-electron chi connectivity index (χ2n) is 6.86. The van der Waals surface area contributed by atoms with E-state index in [1.165, 1.54) is 0 Å². The Kier molecular flexibility index (Phi) is 4.88. The largest absolute Gasteiger partial charge is 0.378 e. The highest BCUT2D eigenvalue weighted by molar-refractivity contribution is 5.81. The Labute approximate surface area is 153 Å². The van der Waals surface area contributed by atoms with Crippen molar-refractivity contribution in [3.63, 3.8) is 0 Å². The number of likely N-dealkylation sites (N-methyl/N-ethyl adjacent to an activating group) is 1. The van der Waals surface area contributed by atoms with Crippen LogP contribution in [0.3, 0.4) is 0 Å². The Hall–Kier alpha value is -2.41. The second-order valence-corrected chi connectivity index (χ2v) is 6.86. The molecule has 1 aromatic heterocycles. The summed E-state index contributed by atoms with van der Waals surface area (Å²) in [5.41, 5.74) is 1.80. The van der Waals surface area contributed by atoms with E-state index in [-0.39, 0.29) is 5.91 Å². The van der Waals surface area contributed by atoms with Crippen LogP contribution in [-0.4, -0.2) is 73.8 Å². The molecule has 0 atom stereocenters. The number of para-hydroxylation sites is 2. The number of morpholine rings is 1. The lowest BCUT2D eigenvalue weighted by Crippen LogP contribution is -2.39. The first-order chi connectivity index (χ1) is 12.7. The maximum Gasteiger partial charge on any atom is 0.222 e. The first-order valence-corrected chi connectivity index (χ1v) is 9.31. The fourth-order valence-corrected chi connectivity index (χ4v) is 3.54. The number of carbonyl (C=O) groups excluding carboxylic acids is 1. The van der Waals surface area contributed by atoms with Crippen molar-refractivity contribution in [3.8, 4) is 0 Å². The third-order valence-electron chi connectivity index (χ3n) is 5.08. The number of aromatic nitrogens is 2. The SMILES string of the molecule is CN(CCN1CCCC1=O)c1nc2ccccc2nc1N1CCOCC1. The van der Waals surface area contributed by atoms with Gasteiger partial charge in [0.1, 0.15) is 0 Å². The van der Waals surface area contributed by atoms with E-state index in [0.717, 1.165) is 61.8 Å². The number of nitrogens with zero attached hydrogens (tertiary/aromatic N) is 5. The highest BCUT2D eigenvalue weighted by Gasteiger charge is 2.23. The number of benzene rings is 1. The maximum absolute atomic E-state index is 11.9. The Balaban J connectivity index is 1.61. The predicted molar refractivity (Wildman–Crippen MR) is 102 cm³/mol. The molecule has 7 heteroatoms. The summed E-state index contributed by atoms with van der Waals surface area (Å²) in [6, 6.07) is 7.96. The third-order valence-corrected chi connectivity index (χ3v) is 5.08. The molecule has 2 aliphatic heterocycles. The molecule has 1 aromatic carbocycles. The lowest BCUT2D eigenvalue weighted by molar-refractivity contribution is -0.127. The van der Waals surface area contributed by atoms with E-state index in [2.05, 4.69) is 9.80 Å². The van der Waals surface area contributed by atoms with Crippen molar-refractivity contribution in [2.24, 2.45) is 0 Å². The summed E-state index contributed by atoms with van der Waals surface area (Å²) >= 11 is 0. The zero-order chi connectivity index (χ0) is 17.9. The summed E-state index contributed by atoms with van der Waals surface area (Å²) in [4.78, 5) is 28.0. The molecule has 2 aliphatic rings. The fourth-order valence-electron chi connectivity index (χ4n) is 3.54. The quantitative estimate of drug-likeness (QED) is 0.811. The van der Waals surface area contributed by atoms with Crippen LogP contribution in [0.4, 0.5) is 11.6 Å². The standard InChI is InChI=1S/C19H25N5O2/c1-22(9-10-23-8-4-7-17(23)25)18-19(24-11-13-26-14-12-24)21-16-6-3-2-5-15(16)20-18/h2-3,5-6H,4,7-14H2,1H3. The summed E-state index contributed by atoms with van der Waals surface area (Å²) in [6.45, 7) is 5.39. The molecule has 1 amide bonds. The Morgan fingerprint density at radius 2 is 1.85 bits per heavy atom. The summed E-state index contributed by atoms with van der Waals surface area (Å²) in [6.07, 6.45) is 1.65. The number of rotatable bonds is 5. The van der Waals surface area contributed by atoms with Gasteiger partial charge in [0, 0.05) is 46.2 Å². The van der Waals surface area contributed by atoms with Gasteiger partial charge in [0.25, 0.3) is 0 Å². The molecule has 0 spiro atoms. The van der Waals surface area contributed by atoms with Crippen molar-refractivity contribution in [1.82, 2.24) is 14.9 Å². The Morgan fingerprint density at radius 3 is 2.54 bits per heavy atom. The second kappa shape index (κ2) is 7.45. The van der Waals surface area contributed by atoms with Gasteiger partial charge in [-0.1, -0.05) is 12.1 Å². The van der Waals surface area contributed by atoms with Crippen molar-refractivity contribution >= 4 is 28.6 Å². The molecule has 0 bridgehead atoms. The van der Waals surface area contributed by atoms with Gasteiger partial charge in [-0.3, -0.25) is 4.79 Å². The van der Waals surface area contributed by atoms with Crippen molar-refractivity contribution < 1.29 is 9.53 Å². The molecule has 2 aromatic rings. The van der Waals surface area contributed by atoms with E-state index >= 15 is 0 Å². The van der Waals surface area contributed by atoms with Crippen LogP contribution in [-0.2, 0) is 9.53 Å². The molecular formula is C19H25N5O2. The van der Waals surface area contributed by atoms with Gasteiger partial charge >= 0.3 is 0 Å². The molecule has 2 saturated heterocycles. The molecule has 4 rings (SSSR count). The highest BCUT2D eigenvalue weighted by atomic mass is 16.5. The molecule has 0 N–H and O–H groups in total. The average Bonchev–Trinajstić information content (AvgIpc) is 3.10. The molecule has 0 unspecified atom stereocenters. The molecule has 0 radical (unpaired) electrons. The maximum atomic E-state index is 11.9. The lowest BCUT2D eigenvalue weighted by Gasteiger charge is -2.32. The van der Waals surface area contributed by atoms with Gasteiger partial charge in [-0.2, -0.15) is 0 Å². The van der Waals surface area contributed by atoms with Crippen LogP contribution in [0.1, 0.15) is 12.8 Å². The van der Waals surface area contributed by atoms with E-state index in [1.807, 2.05) is 36.2 Å². The summed E-state index contributed by atoms with van der Waals surface area (Å²) < 4.78 is 5.49. The molecule has 0 aliphatic carbocycles. The topological polar surface area (TPSA) is 61.8 Å². The average molecular weight is 355 g/mol. The number of fused-ring (bicyclic) bond motifs is 1. The molecular weight excluding hydrogens is 330 g/mol. The number of hydrogen-bond donors (Lipinski definition) is 0. The Bertz CT molecular complexity index is 791. The molecule has 26 heavy (non-hydrogen) atoms. The van der Waals surface area contributed by atoms with Crippen LogP contribution in [0.2, 0.25) is 0 Å². The zero-order valence-corrected chi connectivity index (χ0v) is 15.2. The number of carbonyl (C=O) groups is 1. The summed E-state index contributed by atoms with van der Waals surface area (Å²) in [7, 11) is 2.03. The number of likely N-dealkylation sites (tertiary alicyclic amines) is 1. The number of hydrogen-bond acceptors (Lipinski definition) is 6. The lowest BCUT2D eigenvalue weighted by atomic mass is 10.3. The minimum absolute atomic E-state index is 0.261. The number of ether oxygens (including phenoxy) is 1. The molecule has 7 nitrogen and oxygen atoms in total. The fraction of sp³-hybridized carbons (Fsp3) is 0.526. The van der Waals surface area contributed by atoms with Gasteiger partial charge in [-0.15, -0.1) is 0 Å². The first-order valence-electron chi connectivity index (χ1n) is 9.31. The van der Waals surface area contributed by atoms with Crippen LogP contribution in [0.25, 0.3) is 11.0 Å². The normalized spacial score (nSPS) is 18.0. The smallest absolute Gasteiger partial charge is 0.222 e. The highest BCUT2D eigenvalue weighted by Crippen LogP contribution is 2.28. The van der Waals surface area contributed by atoms with E-state index in [1.54, 1.807) is 0 Å². The van der Waals surface area contributed by atoms with Gasteiger partial charge in [0.05, 0.1) is 24.2 Å². The molecule has 3 heterocycles. The van der Waals surface area contributed by atoms with Gasteiger partial charge in [0.2, 0.25) is 5.91 Å². The molecule has 0 saturated carbocycles. The minimum atomic E-state index is 0.261. The third kappa shape index (κ3) is 3.44. The van der Waals surface area contributed by atoms with Crippen molar-refractivity contribution in [2.75, 3.05) is 62.8 Å². The van der Waals surface area contributed by atoms with Crippen LogP contribution in [0, 0.1) is 0 Å². The summed E-state index contributed by atoms with van der Waals surface area (Å²) in [5, 5.41) is 0. The van der Waals surface area contributed by atoms with E-state index in [4.69, 9.17) is 14.7 Å². The zero-order valence-electron chi connectivity index (χ0n) is 15.2. The Morgan fingerprint density at radius 1 is 1.12 bits per heavy atom. The minimum Gasteiger partial charge on any atom is -0.378 e. The van der Waals surface area contributed by atoms with E-state index < -0.39 is 0 Å². The van der Waals surface area contributed by atoms with Crippen molar-refractivity contribution in [2.45, 2.75) is 12.8 Å². The van der Waals surface area contributed by atoms with Gasteiger partial charge in [0.15, 0.2) is 11.6 Å². The number of amides is 1. The molecule has 2 fully saturated rings. The molecule has 138 valence electrons. The van der Waals surface area contributed by atoms with Crippen LogP contribution in [0.5, 0.6) is 0 Å². The summed E-state index contributed by atoms with van der Waals surface area (Å²) in [5.74, 6) is 2.04.